The van der Waals surface area contributed by atoms with Crippen LogP contribution >= 0.6 is 0 Å². The van der Waals surface area contributed by atoms with E-state index in [9.17, 15) is 19.4 Å². The maximum atomic E-state index is 13.6. The molecule has 4 aromatic rings. The van der Waals surface area contributed by atoms with Crippen molar-refractivity contribution in [2.75, 3.05) is 25.0 Å². The summed E-state index contributed by atoms with van der Waals surface area (Å²) in [5, 5.41) is 25.3. The molecular weight excluding hydrogens is 517 g/mol. The van der Waals surface area contributed by atoms with Crippen molar-refractivity contribution in [3.8, 4) is 22.6 Å². The number of anilines is 1. The van der Waals surface area contributed by atoms with E-state index in [1.807, 2.05) is 0 Å². The minimum atomic E-state index is -0.753. The second kappa shape index (κ2) is 12.1. The van der Waals surface area contributed by atoms with Crippen LogP contribution in [0, 0.1) is 5.82 Å². The largest absolute Gasteiger partial charge is 0.432 e. The molecule has 1 aromatic carbocycles. The molecule has 208 valence electrons. The van der Waals surface area contributed by atoms with Gasteiger partial charge in [0.25, 0.3) is 0 Å². The number of carbonyl (C=O) groups excluding carboxylic acids is 1. The number of likely N-dealkylation sites (tertiary alicyclic amines) is 1. The monoisotopic (exact) mass is 547 g/mol. The standard InChI is InChI=1S/C28H30FN7O4/c1-2-22(38)10-9-21(17-37)32-27(39)35-13-3-4-20(16-35)31-26-30-12-11-23(33-26)25-24(18-5-7-19(29)8-6-18)34-28-36(25)14-15-40-28/h2,5-9,11-12,14-15,20,22,37-38H,1,3-4,10,13,16-17H2,(H,32,39)(H,30,31,33)/b21-9+/t20-,22?/m1/s1. The van der Waals surface area contributed by atoms with Gasteiger partial charge in [-0.05, 0) is 49.6 Å². The van der Waals surface area contributed by atoms with Crippen LogP contribution in [0.25, 0.3) is 28.5 Å². The molecule has 4 heterocycles. The van der Waals surface area contributed by atoms with Crippen LogP contribution in [0.1, 0.15) is 19.3 Å². The number of piperidine rings is 1. The van der Waals surface area contributed by atoms with Gasteiger partial charge in [0.1, 0.15) is 23.5 Å². The van der Waals surface area contributed by atoms with Crippen molar-refractivity contribution >= 4 is 17.8 Å². The molecule has 2 atom stereocenters. The number of carbonyl (C=O) groups is 1. The fourth-order valence-corrected chi connectivity index (χ4v) is 4.59. The Balaban J connectivity index is 1.31. The summed E-state index contributed by atoms with van der Waals surface area (Å²) in [5.74, 6) is 0.432. The molecule has 11 nitrogen and oxygen atoms in total. The number of aliphatic hydroxyl groups excluding tert-OH is 2. The van der Waals surface area contributed by atoms with E-state index in [0.717, 1.165) is 12.8 Å². The molecule has 2 amide bonds. The van der Waals surface area contributed by atoms with E-state index in [1.165, 1.54) is 24.5 Å². The number of amides is 2. The van der Waals surface area contributed by atoms with Crippen LogP contribution in [0.15, 0.2) is 77.8 Å². The Morgan fingerprint density at radius 2 is 2.10 bits per heavy atom. The van der Waals surface area contributed by atoms with E-state index in [1.54, 1.807) is 46.0 Å². The van der Waals surface area contributed by atoms with Crippen molar-refractivity contribution in [1.29, 1.82) is 0 Å². The lowest BCUT2D eigenvalue weighted by atomic mass is 10.1. The minimum Gasteiger partial charge on any atom is -0.432 e. The maximum absolute atomic E-state index is 13.6. The predicted molar refractivity (Wildman–Crippen MR) is 147 cm³/mol. The number of rotatable bonds is 9. The van der Waals surface area contributed by atoms with Gasteiger partial charge in [-0.15, -0.1) is 6.58 Å². The number of urea groups is 1. The molecule has 40 heavy (non-hydrogen) atoms. The molecule has 3 aromatic heterocycles. The van der Waals surface area contributed by atoms with Crippen LogP contribution in [0.4, 0.5) is 15.1 Å². The second-order valence-corrected chi connectivity index (χ2v) is 9.42. The number of halogens is 1. The van der Waals surface area contributed by atoms with E-state index in [-0.39, 0.29) is 30.9 Å². The molecule has 1 unspecified atom stereocenters. The first-order valence-electron chi connectivity index (χ1n) is 12.9. The maximum Gasteiger partial charge on any atom is 0.321 e. The lowest BCUT2D eigenvalue weighted by Crippen LogP contribution is -2.49. The van der Waals surface area contributed by atoms with E-state index in [4.69, 9.17) is 9.40 Å². The second-order valence-electron chi connectivity index (χ2n) is 9.42. The molecule has 0 radical (unpaired) electrons. The van der Waals surface area contributed by atoms with Crippen LogP contribution in [-0.4, -0.2) is 72.3 Å². The Labute approximate surface area is 229 Å². The van der Waals surface area contributed by atoms with Gasteiger partial charge in [-0.25, -0.2) is 19.2 Å². The fourth-order valence-electron chi connectivity index (χ4n) is 4.59. The Bertz CT molecular complexity index is 1510. The number of hydrogen-bond donors (Lipinski definition) is 4. The summed E-state index contributed by atoms with van der Waals surface area (Å²) in [5.41, 5.74) is 2.90. The third-order valence-corrected chi connectivity index (χ3v) is 6.64. The van der Waals surface area contributed by atoms with Gasteiger partial charge < -0.3 is 30.2 Å². The molecule has 5 rings (SSSR count). The van der Waals surface area contributed by atoms with E-state index in [2.05, 4.69) is 27.2 Å². The van der Waals surface area contributed by atoms with Gasteiger partial charge in [-0.1, -0.05) is 12.2 Å². The molecule has 1 fully saturated rings. The van der Waals surface area contributed by atoms with Gasteiger partial charge in [0.05, 0.1) is 18.4 Å². The number of oxazole rings is 1. The average molecular weight is 548 g/mol. The summed E-state index contributed by atoms with van der Waals surface area (Å²) < 4.78 is 20.8. The fraction of sp³-hybridized carbons (Fsp3) is 0.286. The van der Waals surface area contributed by atoms with E-state index >= 15 is 0 Å². The quantitative estimate of drug-likeness (QED) is 0.233. The number of nitrogens with one attached hydrogen (secondary N) is 2. The molecular formula is C28H30FN7O4. The van der Waals surface area contributed by atoms with Gasteiger partial charge in [0.15, 0.2) is 0 Å². The molecule has 4 N–H and O–H groups in total. The van der Waals surface area contributed by atoms with Crippen molar-refractivity contribution in [2.24, 2.45) is 0 Å². The summed E-state index contributed by atoms with van der Waals surface area (Å²) in [7, 11) is 0. The number of imidazole rings is 1. The van der Waals surface area contributed by atoms with Gasteiger partial charge in [0.2, 0.25) is 5.95 Å². The molecule has 0 spiro atoms. The smallest absolute Gasteiger partial charge is 0.321 e. The lowest BCUT2D eigenvalue weighted by molar-refractivity contribution is 0.182. The first-order valence-corrected chi connectivity index (χ1v) is 12.9. The molecule has 0 bridgehead atoms. The zero-order valence-corrected chi connectivity index (χ0v) is 21.7. The Hall–Kier alpha value is -4.55. The third-order valence-electron chi connectivity index (χ3n) is 6.64. The molecule has 1 aliphatic heterocycles. The zero-order valence-electron chi connectivity index (χ0n) is 21.7. The number of benzene rings is 1. The number of fused-ring (bicyclic) bond motifs is 1. The Morgan fingerprint density at radius 1 is 1.27 bits per heavy atom. The molecule has 0 saturated carbocycles. The van der Waals surface area contributed by atoms with Crippen LogP contribution in [0.3, 0.4) is 0 Å². The zero-order chi connectivity index (χ0) is 28.1. The first kappa shape index (κ1) is 27.0. The number of hydrogen-bond acceptors (Lipinski definition) is 8. The molecule has 1 saturated heterocycles. The number of aromatic nitrogens is 4. The summed E-state index contributed by atoms with van der Waals surface area (Å²) in [6.07, 6.45) is 8.94. The minimum absolute atomic E-state index is 0.102. The highest BCUT2D eigenvalue weighted by Crippen LogP contribution is 2.32. The topological polar surface area (TPSA) is 141 Å². The Morgan fingerprint density at radius 3 is 2.88 bits per heavy atom. The van der Waals surface area contributed by atoms with Crippen molar-refractivity contribution in [3.63, 3.8) is 0 Å². The molecule has 1 aliphatic rings. The van der Waals surface area contributed by atoms with Crippen LogP contribution in [-0.2, 0) is 0 Å². The highest BCUT2D eigenvalue weighted by Gasteiger charge is 2.25. The number of aliphatic hydroxyl groups is 2. The van der Waals surface area contributed by atoms with Crippen molar-refractivity contribution in [1.82, 2.24) is 29.6 Å². The van der Waals surface area contributed by atoms with Crippen LogP contribution < -0.4 is 10.6 Å². The molecule has 0 aliphatic carbocycles. The van der Waals surface area contributed by atoms with Crippen LogP contribution in [0.5, 0.6) is 0 Å². The Kier molecular flexibility index (Phi) is 8.18. The predicted octanol–water partition coefficient (Wildman–Crippen LogP) is 3.59. The summed E-state index contributed by atoms with van der Waals surface area (Å²) in [6.45, 7) is 4.13. The van der Waals surface area contributed by atoms with Gasteiger partial charge in [0, 0.05) is 42.8 Å². The SMILES string of the molecule is C=CC(O)C/C=C(\CO)NC(=O)N1CCC[C@@H](Nc2nccc(-c3c(-c4ccc(F)cc4)nc4occn34)n2)C1. The van der Waals surface area contributed by atoms with E-state index < -0.39 is 6.10 Å². The normalized spacial score (nSPS) is 16.6. The third kappa shape index (κ3) is 6.03. The number of nitrogens with zero attached hydrogens (tertiary/aromatic N) is 5. The highest BCUT2D eigenvalue weighted by atomic mass is 19.1. The van der Waals surface area contributed by atoms with Gasteiger partial charge in [-0.3, -0.25) is 4.40 Å². The van der Waals surface area contributed by atoms with Crippen molar-refractivity contribution < 1.29 is 23.8 Å². The summed E-state index contributed by atoms with van der Waals surface area (Å²) in [6, 6.07) is 7.39. The van der Waals surface area contributed by atoms with Crippen LogP contribution in [0.2, 0.25) is 0 Å². The summed E-state index contributed by atoms with van der Waals surface area (Å²) in [4.78, 5) is 28.2. The van der Waals surface area contributed by atoms with Gasteiger partial charge >= 0.3 is 11.9 Å². The molecule has 12 heteroatoms. The highest BCUT2D eigenvalue weighted by molar-refractivity contribution is 5.80. The van der Waals surface area contributed by atoms with E-state index in [0.29, 0.717) is 53.2 Å². The van der Waals surface area contributed by atoms with Gasteiger partial charge in [-0.2, -0.15) is 4.98 Å². The lowest BCUT2D eigenvalue weighted by Gasteiger charge is -2.33. The average Bonchev–Trinajstić information content (AvgIpc) is 3.57. The summed E-state index contributed by atoms with van der Waals surface area (Å²) >= 11 is 0. The van der Waals surface area contributed by atoms with Crippen molar-refractivity contribution in [3.05, 3.63) is 79.2 Å². The first-order chi connectivity index (χ1) is 19.4. The van der Waals surface area contributed by atoms with Crippen molar-refractivity contribution in [2.45, 2.75) is 31.4 Å².